The molecule has 1 heterocycles. The van der Waals surface area contributed by atoms with Gasteiger partial charge in [-0.2, -0.15) is 0 Å². The van der Waals surface area contributed by atoms with Gasteiger partial charge in [0.2, 0.25) is 5.91 Å². The van der Waals surface area contributed by atoms with Crippen molar-refractivity contribution in [3.05, 3.63) is 35.9 Å². The molecule has 1 saturated heterocycles. The van der Waals surface area contributed by atoms with Crippen molar-refractivity contribution in [2.75, 3.05) is 32.8 Å². The van der Waals surface area contributed by atoms with Gasteiger partial charge in [0.15, 0.2) is 5.96 Å². The Morgan fingerprint density at radius 1 is 1.24 bits per heavy atom. The van der Waals surface area contributed by atoms with Crippen molar-refractivity contribution < 1.29 is 14.3 Å². The molecule has 8 nitrogen and oxygen atoms in total. The minimum absolute atomic E-state index is 0. The van der Waals surface area contributed by atoms with Crippen LogP contribution in [-0.2, 0) is 16.1 Å². The van der Waals surface area contributed by atoms with Gasteiger partial charge in [-0.05, 0) is 32.3 Å². The Hall–Kier alpha value is -2.04. The van der Waals surface area contributed by atoms with Gasteiger partial charge in [-0.25, -0.2) is 9.79 Å². The van der Waals surface area contributed by atoms with Gasteiger partial charge in [-0.15, -0.1) is 24.0 Å². The number of halogens is 1. The third kappa shape index (κ3) is 8.46. The highest BCUT2D eigenvalue weighted by Gasteiger charge is 2.23. The van der Waals surface area contributed by atoms with Crippen molar-refractivity contribution >= 4 is 41.9 Å². The second-order valence-electron chi connectivity index (χ2n) is 6.70. The number of guanidine groups is 1. The van der Waals surface area contributed by atoms with E-state index < -0.39 is 0 Å². The summed E-state index contributed by atoms with van der Waals surface area (Å²) in [6.07, 6.45) is 1.25. The normalized spacial score (nSPS) is 14.7. The summed E-state index contributed by atoms with van der Waals surface area (Å²) in [6.45, 7) is 6.54. The molecule has 9 heteroatoms. The summed E-state index contributed by atoms with van der Waals surface area (Å²) in [5.41, 5.74) is 7.04. The molecule has 1 fully saturated rings. The fraction of sp³-hybridized carbons (Fsp3) is 0.550. The summed E-state index contributed by atoms with van der Waals surface area (Å²) in [6, 6.07) is 10.0. The number of nitrogens with zero attached hydrogens (tertiary/aromatic N) is 3. The van der Waals surface area contributed by atoms with Crippen molar-refractivity contribution in [2.24, 2.45) is 10.7 Å². The first kappa shape index (κ1) is 25.0. The molecule has 1 aliphatic rings. The van der Waals surface area contributed by atoms with Crippen LogP contribution < -0.4 is 11.1 Å². The molecule has 29 heavy (non-hydrogen) atoms. The molecule has 1 aromatic carbocycles. The van der Waals surface area contributed by atoms with E-state index in [-0.39, 0.29) is 54.5 Å². The lowest BCUT2D eigenvalue weighted by atomic mass is 10.1. The van der Waals surface area contributed by atoms with Crippen LogP contribution in [0.1, 0.15) is 32.3 Å². The van der Waals surface area contributed by atoms with Crippen LogP contribution in [0.5, 0.6) is 0 Å². The maximum Gasteiger partial charge on any atom is 0.409 e. The smallest absolute Gasteiger partial charge is 0.409 e. The fourth-order valence-corrected chi connectivity index (χ4v) is 3.11. The Bertz CT molecular complexity index is 663. The predicted octanol–water partition coefficient (Wildman–Crippen LogP) is 2.18. The van der Waals surface area contributed by atoms with Crippen LogP contribution >= 0.6 is 24.0 Å². The minimum Gasteiger partial charge on any atom is -0.450 e. The molecule has 0 radical (unpaired) electrons. The lowest BCUT2D eigenvalue weighted by Gasteiger charge is -2.31. The first-order valence-corrected chi connectivity index (χ1v) is 9.83. The highest BCUT2D eigenvalue weighted by molar-refractivity contribution is 14.0. The highest BCUT2D eigenvalue weighted by Crippen LogP contribution is 2.11. The molecule has 0 saturated carbocycles. The standard InChI is InChI=1S/C20H31N5O3.HI/c1-3-24(15-16-8-6-5-7-9-16)18(26)14-22-19(21)23-17-10-12-25(13-11-17)20(27)28-4-2;/h5-9,17H,3-4,10-15H2,1-2H3,(H3,21,22,23);1H. The number of ether oxygens (including phenoxy) is 1. The summed E-state index contributed by atoms with van der Waals surface area (Å²) in [4.78, 5) is 31.8. The molecule has 162 valence electrons. The van der Waals surface area contributed by atoms with Crippen molar-refractivity contribution in [1.82, 2.24) is 15.1 Å². The molecule has 2 rings (SSSR count). The largest absolute Gasteiger partial charge is 0.450 e. The summed E-state index contributed by atoms with van der Waals surface area (Å²) >= 11 is 0. The fourth-order valence-electron chi connectivity index (χ4n) is 3.11. The molecule has 0 aromatic heterocycles. The number of likely N-dealkylation sites (tertiary alicyclic amines) is 1. The Labute approximate surface area is 189 Å². The number of benzene rings is 1. The van der Waals surface area contributed by atoms with Crippen molar-refractivity contribution in [2.45, 2.75) is 39.3 Å². The minimum atomic E-state index is -0.272. The van der Waals surface area contributed by atoms with Gasteiger partial charge in [-0.1, -0.05) is 30.3 Å². The Balaban J connectivity index is 0.00000420. The average molecular weight is 517 g/mol. The molecule has 2 amide bonds. The molecule has 0 aliphatic carbocycles. The van der Waals surface area contributed by atoms with Gasteiger partial charge in [-0.3, -0.25) is 4.79 Å². The molecule has 0 atom stereocenters. The third-order valence-corrected chi connectivity index (χ3v) is 4.71. The Morgan fingerprint density at radius 3 is 2.48 bits per heavy atom. The highest BCUT2D eigenvalue weighted by atomic mass is 127. The lowest BCUT2D eigenvalue weighted by Crippen LogP contribution is -2.48. The van der Waals surface area contributed by atoms with E-state index in [1.54, 1.807) is 16.7 Å². The summed E-state index contributed by atoms with van der Waals surface area (Å²) < 4.78 is 5.01. The molecule has 0 unspecified atom stereocenters. The SMILES string of the molecule is CCOC(=O)N1CCC(NC(N)=NCC(=O)N(CC)Cc2ccccc2)CC1.I. The quantitative estimate of drug-likeness (QED) is 0.328. The van der Waals surface area contributed by atoms with Gasteiger partial charge in [0, 0.05) is 32.2 Å². The number of nitrogens with one attached hydrogen (secondary N) is 1. The van der Waals surface area contributed by atoms with E-state index in [0.29, 0.717) is 32.8 Å². The second-order valence-corrected chi connectivity index (χ2v) is 6.70. The number of rotatable bonds is 7. The van der Waals surface area contributed by atoms with Gasteiger partial charge >= 0.3 is 6.09 Å². The van der Waals surface area contributed by atoms with E-state index in [9.17, 15) is 9.59 Å². The van der Waals surface area contributed by atoms with Crippen LogP contribution in [0.4, 0.5) is 4.79 Å². The van der Waals surface area contributed by atoms with Crippen LogP contribution in [0.3, 0.4) is 0 Å². The van der Waals surface area contributed by atoms with Gasteiger partial charge in [0.05, 0.1) is 6.61 Å². The zero-order valence-corrected chi connectivity index (χ0v) is 19.5. The zero-order valence-electron chi connectivity index (χ0n) is 17.2. The van der Waals surface area contributed by atoms with Crippen LogP contribution in [0.15, 0.2) is 35.3 Å². The van der Waals surface area contributed by atoms with E-state index in [4.69, 9.17) is 10.5 Å². The molecular formula is C20H32IN5O3. The van der Waals surface area contributed by atoms with E-state index in [2.05, 4.69) is 10.3 Å². The van der Waals surface area contributed by atoms with Gasteiger partial charge < -0.3 is 25.6 Å². The van der Waals surface area contributed by atoms with E-state index >= 15 is 0 Å². The van der Waals surface area contributed by atoms with Gasteiger partial charge in [0.1, 0.15) is 6.54 Å². The van der Waals surface area contributed by atoms with Crippen LogP contribution in [0.25, 0.3) is 0 Å². The maximum atomic E-state index is 12.4. The first-order chi connectivity index (χ1) is 13.5. The van der Waals surface area contributed by atoms with Crippen molar-refractivity contribution in [3.8, 4) is 0 Å². The number of carbonyl (C=O) groups excluding carboxylic acids is 2. The van der Waals surface area contributed by atoms with Crippen LogP contribution in [0, 0.1) is 0 Å². The van der Waals surface area contributed by atoms with Gasteiger partial charge in [0.25, 0.3) is 0 Å². The summed E-state index contributed by atoms with van der Waals surface area (Å²) in [7, 11) is 0. The van der Waals surface area contributed by atoms with Crippen molar-refractivity contribution in [3.63, 3.8) is 0 Å². The lowest BCUT2D eigenvalue weighted by molar-refractivity contribution is -0.130. The first-order valence-electron chi connectivity index (χ1n) is 9.83. The zero-order chi connectivity index (χ0) is 20.4. The summed E-state index contributed by atoms with van der Waals surface area (Å²) in [5.74, 6) is 0.201. The number of hydrogen-bond acceptors (Lipinski definition) is 4. The number of aliphatic imine (C=N–C) groups is 1. The number of hydrogen-bond donors (Lipinski definition) is 2. The molecule has 0 bridgehead atoms. The van der Waals surface area contributed by atoms with E-state index in [1.807, 2.05) is 37.3 Å². The molecule has 1 aliphatic heterocycles. The number of piperidine rings is 1. The third-order valence-electron chi connectivity index (χ3n) is 4.71. The monoisotopic (exact) mass is 517 g/mol. The number of nitrogens with two attached hydrogens (primary N) is 1. The predicted molar refractivity (Wildman–Crippen MR) is 124 cm³/mol. The Morgan fingerprint density at radius 2 is 1.90 bits per heavy atom. The summed E-state index contributed by atoms with van der Waals surface area (Å²) in [5, 5.41) is 3.15. The van der Waals surface area contributed by atoms with E-state index in [0.717, 1.165) is 18.4 Å². The maximum absolute atomic E-state index is 12.4. The topological polar surface area (TPSA) is 100 Å². The van der Waals surface area contributed by atoms with E-state index in [1.165, 1.54) is 0 Å². The number of amides is 2. The number of likely N-dealkylation sites (N-methyl/N-ethyl adjacent to an activating group) is 1. The molecule has 0 spiro atoms. The van der Waals surface area contributed by atoms with Crippen LogP contribution in [-0.4, -0.2) is 66.6 Å². The molecule has 3 N–H and O–H groups in total. The number of carbonyl (C=O) groups is 2. The Kier molecular flexibility index (Phi) is 11.4. The van der Waals surface area contributed by atoms with Crippen molar-refractivity contribution in [1.29, 1.82) is 0 Å². The molecule has 1 aromatic rings. The van der Waals surface area contributed by atoms with Crippen LogP contribution in [0.2, 0.25) is 0 Å². The molecular weight excluding hydrogens is 485 g/mol. The average Bonchev–Trinajstić information content (AvgIpc) is 2.71. The second kappa shape index (κ2) is 13.2.